The number of anilines is 4. The van der Waals surface area contributed by atoms with E-state index in [1.165, 1.54) is 11.3 Å². The molecule has 0 amide bonds. The van der Waals surface area contributed by atoms with E-state index in [1.54, 1.807) is 6.20 Å². The quantitative estimate of drug-likeness (QED) is 0.881. The molecule has 19 heavy (non-hydrogen) atoms. The van der Waals surface area contributed by atoms with Gasteiger partial charge in [0.2, 0.25) is 0 Å². The molecule has 0 radical (unpaired) electrons. The van der Waals surface area contributed by atoms with E-state index in [2.05, 4.69) is 59.7 Å². The van der Waals surface area contributed by atoms with Crippen molar-refractivity contribution in [3.63, 3.8) is 0 Å². The molecule has 1 aromatic heterocycles. The van der Waals surface area contributed by atoms with Gasteiger partial charge in [0.25, 0.3) is 0 Å². The van der Waals surface area contributed by atoms with Gasteiger partial charge in [-0.3, -0.25) is 0 Å². The van der Waals surface area contributed by atoms with Crippen LogP contribution < -0.4 is 15.5 Å². The fraction of sp³-hybridized carbons (Fsp3) is 0.267. The van der Waals surface area contributed by atoms with Crippen LogP contribution in [0.3, 0.4) is 0 Å². The maximum absolute atomic E-state index is 4.20. The number of benzene rings is 1. The van der Waals surface area contributed by atoms with Crippen LogP contribution in [0.25, 0.3) is 0 Å². The van der Waals surface area contributed by atoms with Crippen molar-refractivity contribution >= 4 is 22.9 Å². The highest BCUT2D eigenvalue weighted by atomic mass is 15.1. The number of hydrogen-bond acceptors (Lipinski definition) is 4. The van der Waals surface area contributed by atoms with Crippen molar-refractivity contribution in [2.45, 2.75) is 6.92 Å². The largest absolute Gasteiger partial charge is 0.377 e. The molecular formula is C15H20N4. The molecule has 0 saturated carbocycles. The van der Waals surface area contributed by atoms with Gasteiger partial charge in [0, 0.05) is 50.5 Å². The maximum Gasteiger partial charge on any atom is 0.127 e. The van der Waals surface area contributed by atoms with E-state index in [0.717, 1.165) is 17.2 Å². The zero-order chi connectivity index (χ0) is 13.8. The molecule has 0 spiro atoms. The fourth-order valence-corrected chi connectivity index (χ4v) is 1.98. The van der Waals surface area contributed by atoms with Crippen LogP contribution in [0.5, 0.6) is 0 Å². The molecule has 0 aliphatic rings. The number of hydrogen-bond donors (Lipinski definition) is 2. The van der Waals surface area contributed by atoms with E-state index in [9.17, 15) is 0 Å². The molecule has 1 heterocycles. The average molecular weight is 256 g/mol. The van der Waals surface area contributed by atoms with Crippen molar-refractivity contribution in [3.8, 4) is 0 Å². The molecule has 4 nitrogen and oxygen atoms in total. The Labute approximate surface area is 114 Å². The molecule has 1 aromatic carbocycles. The molecule has 0 fully saturated rings. The van der Waals surface area contributed by atoms with Crippen molar-refractivity contribution in [1.82, 2.24) is 4.98 Å². The van der Waals surface area contributed by atoms with Crippen LogP contribution in [0.4, 0.5) is 22.9 Å². The molecule has 0 unspecified atom stereocenters. The average Bonchev–Trinajstić information content (AvgIpc) is 2.41. The first kappa shape index (κ1) is 13.2. The summed E-state index contributed by atoms with van der Waals surface area (Å²) in [7, 11) is 5.97. The lowest BCUT2D eigenvalue weighted by molar-refractivity contribution is 1.11. The SMILES string of the molecule is CNc1cc(Nc2ccc(C)c(N(C)C)c2)ccn1. The summed E-state index contributed by atoms with van der Waals surface area (Å²) < 4.78 is 0. The fourth-order valence-electron chi connectivity index (χ4n) is 1.98. The van der Waals surface area contributed by atoms with Crippen LogP contribution in [0.1, 0.15) is 5.56 Å². The Kier molecular flexibility index (Phi) is 3.90. The van der Waals surface area contributed by atoms with Crippen LogP contribution >= 0.6 is 0 Å². The summed E-state index contributed by atoms with van der Waals surface area (Å²) in [6, 6.07) is 10.3. The number of aromatic nitrogens is 1. The van der Waals surface area contributed by atoms with Gasteiger partial charge in [0.1, 0.15) is 5.82 Å². The molecule has 0 bridgehead atoms. The van der Waals surface area contributed by atoms with E-state index < -0.39 is 0 Å². The molecule has 0 aliphatic carbocycles. The minimum Gasteiger partial charge on any atom is -0.377 e. The molecule has 4 heteroatoms. The minimum atomic E-state index is 0.852. The number of pyridine rings is 1. The van der Waals surface area contributed by atoms with Crippen molar-refractivity contribution in [2.75, 3.05) is 36.7 Å². The maximum atomic E-state index is 4.20. The molecule has 2 N–H and O–H groups in total. The molecule has 2 rings (SSSR count). The lowest BCUT2D eigenvalue weighted by Crippen LogP contribution is -2.10. The minimum absolute atomic E-state index is 0.852. The lowest BCUT2D eigenvalue weighted by Gasteiger charge is -2.17. The Morgan fingerprint density at radius 1 is 1.05 bits per heavy atom. The van der Waals surface area contributed by atoms with Crippen molar-refractivity contribution in [3.05, 3.63) is 42.1 Å². The summed E-state index contributed by atoms with van der Waals surface area (Å²) in [6.45, 7) is 2.12. The van der Waals surface area contributed by atoms with Gasteiger partial charge >= 0.3 is 0 Å². The van der Waals surface area contributed by atoms with Gasteiger partial charge in [-0.15, -0.1) is 0 Å². The topological polar surface area (TPSA) is 40.2 Å². The van der Waals surface area contributed by atoms with Crippen LogP contribution in [-0.4, -0.2) is 26.1 Å². The molecule has 0 atom stereocenters. The van der Waals surface area contributed by atoms with E-state index in [1.807, 2.05) is 19.2 Å². The van der Waals surface area contributed by atoms with Gasteiger partial charge < -0.3 is 15.5 Å². The van der Waals surface area contributed by atoms with Crippen LogP contribution in [0, 0.1) is 6.92 Å². The second-order valence-electron chi connectivity index (χ2n) is 4.70. The Morgan fingerprint density at radius 2 is 1.79 bits per heavy atom. The number of rotatable bonds is 4. The summed E-state index contributed by atoms with van der Waals surface area (Å²) in [6.07, 6.45) is 1.79. The van der Waals surface area contributed by atoms with Crippen LogP contribution in [0.15, 0.2) is 36.5 Å². The Hall–Kier alpha value is -2.23. The molecule has 2 aromatic rings. The van der Waals surface area contributed by atoms with Gasteiger partial charge in [-0.1, -0.05) is 6.07 Å². The molecule has 100 valence electrons. The van der Waals surface area contributed by atoms with Crippen LogP contribution in [-0.2, 0) is 0 Å². The summed E-state index contributed by atoms with van der Waals surface area (Å²) >= 11 is 0. The smallest absolute Gasteiger partial charge is 0.127 e. The first-order chi connectivity index (χ1) is 9.10. The predicted molar refractivity (Wildman–Crippen MR) is 82.6 cm³/mol. The van der Waals surface area contributed by atoms with E-state index in [-0.39, 0.29) is 0 Å². The number of nitrogens with zero attached hydrogens (tertiary/aromatic N) is 2. The first-order valence-corrected chi connectivity index (χ1v) is 6.29. The second-order valence-corrected chi connectivity index (χ2v) is 4.70. The van der Waals surface area contributed by atoms with E-state index in [0.29, 0.717) is 0 Å². The van der Waals surface area contributed by atoms with Crippen molar-refractivity contribution < 1.29 is 0 Å². The highest BCUT2D eigenvalue weighted by Crippen LogP contribution is 2.25. The summed E-state index contributed by atoms with van der Waals surface area (Å²) in [5.74, 6) is 0.852. The van der Waals surface area contributed by atoms with E-state index >= 15 is 0 Å². The van der Waals surface area contributed by atoms with Crippen molar-refractivity contribution in [2.24, 2.45) is 0 Å². The van der Waals surface area contributed by atoms with E-state index in [4.69, 9.17) is 0 Å². The van der Waals surface area contributed by atoms with Gasteiger partial charge in [-0.05, 0) is 30.7 Å². The Balaban J connectivity index is 2.25. The Bertz CT molecular complexity index is 564. The summed E-state index contributed by atoms with van der Waals surface area (Å²) in [4.78, 5) is 6.32. The van der Waals surface area contributed by atoms with Gasteiger partial charge in [-0.2, -0.15) is 0 Å². The Morgan fingerprint density at radius 3 is 2.47 bits per heavy atom. The standard InChI is InChI=1S/C15H20N4/c1-11-5-6-12(9-14(11)19(3)4)18-13-7-8-17-15(10-13)16-2/h5-10H,1-4H3,(H2,16,17,18). The predicted octanol–water partition coefficient (Wildman–Crippen LogP) is 3.24. The molecular weight excluding hydrogens is 236 g/mol. The third kappa shape index (κ3) is 3.16. The molecule has 0 aliphatic heterocycles. The van der Waals surface area contributed by atoms with Gasteiger partial charge in [-0.25, -0.2) is 4.98 Å². The highest BCUT2D eigenvalue weighted by Gasteiger charge is 2.03. The summed E-state index contributed by atoms with van der Waals surface area (Å²) in [5.41, 5.74) is 4.57. The normalized spacial score (nSPS) is 10.1. The van der Waals surface area contributed by atoms with Crippen LogP contribution in [0.2, 0.25) is 0 Å². The number of nitrogens with one attached hydrogen (secondary N) is 2. The zero-order valence-corrected chi connectivity index (χ0v) is 11.9. The second kappa shape index (κ2) is 5.61. The highest BCUT2D eigenvalue weighted by molar-refractivity contribution is 5.68. The van der Waals surface area contributed by atoms with Gasteiger partial charge in [0.05, 0.1) is 0 Å². The summed E-state index contributed by atoms with van der Waals surface area (Å²) in [5, 5.41) is 6.43. The monoisotopic (exact) mass is 256 g/mol. The first-order valence-electron chi connectivity index (χ1n) is 6.29. The number of aryl methyl sites for hydroxylation is 1. The van der Waals surface area contributed by atoms with Crippen molar-refractivity contribution in [1.29, 1.82) is 0 Å². The third-order valence-corrected chi connectivity index (χ3v) is 3.00. The third-order valence-electron chi connectivity index (χ3n) is 3.00. The molecule has 0 saturated heterocycles. The lowest BCUT2D eigenvalue weighted by atomic mass is 10.1. The van der Waals surface area contributed by atoms with Gasteiger partial charge in [0.15, 0.2) is 0 Å². The zero-order valence-electron chi connectivity index (χ0n) is 11.9.